The predicted molar refractivity (Wildman–Crippen MR) is 96.8 cm³/mol. The predicted octanol–water partition coefficient (Wildman–Crippen LogP) is 2.98. The molecule has 0 radical (unpaired) electrons. The highest BCUT2D eigenvalue weighted by Crippen LogP contribution is 2.21. The first-order valence-corrected chi connectivity index (χ1v) is 9.09. The average molecular weight is 340 g/mol. The van der Waals surface area contributed by atoms with Gasteiger partial charge in [0.25, 0.3) is 0 Å². The number of carbonyl (C=O) groups is 1. The van der Waals surface area contributed by atoms with E-state index in [1.54, 1.807) is 0 Å². The van der Waals surface area contributed by atoms with Gasteiger partial charge < -0.3 is 14.4 Å². The number of benzene rings is 2. The molecule has 3 rings (SSSR count). The van der Waals surface area contributed by atoms with Gasteiger partial charge in [0, 0.05) is 12.0 Å². The van der Waals surface area contributed by atoms with Crippen LogP contribution in [0.1, 0.15) is 31.7 Å². The van der Waals surface area contributed by atoms with E-state index in [0.717, 1.165) is 43.9 Å². The summed E-state index contributed by atoms with van der Waals surface area (Å²) in [6.45, 7) is 4.14. The Labute approximate surface area is 149 Å². The van der Waals surface area contributed by atoms with Crippen LogP contribution in [0.3, 0.4) is 0 Å². The van der Waals surface area contributed by atoms with Crippen molar-refractivity contribution in [3.8, 4) is 11.5 Å². The Balaban J connectivity index is 1.69. The van der Waals surface area contributed by atoms with Crippen LogP contribution in [-0.2, 0) is 16.1 Å². The highest BCUT2D eigenvalue weighted by Gasteiger charge is 2.33. The smallest absolute Gasteiger partial charge is 0.364 e. The molecular weight excluding hydrogens is 314 g/mol. The fourth-order valence-corrected chi connectivity index (χ4v) is 3.42. The molecule has 132 valence electrons. The highest BCUT2D eigenvalue weighted by molar-refractivity contribution is 5.74. The summed E-state index contributed by atoms with van der Waals surface area (Å²) in [6, 6.07) is 17.9. The topological polar surface area (TPSA) is 40.0 Å². The number of hydrogen-bond donors (Lipinski definition) is 1. The zero-order chi connectivity index (χ0) is 17.5. The number of esters is 1. The molecule has 0 aliphatic carbocycles. The minimum absolute atomic E-state index is 0.0487. The van der Waals surface area contributed by atoms with E-state index < -0.39 is 0 Å². The van der Waals surface area contributed by atoms with Crippen molar-refractivity contribution in [3.63, 3.8) is 0 Å². The molecule has 1 saturated heterocycles. The maximum Gasteiger partial charge on any atom is 0.364 e. The van der Waals surface area contributed by atoms with Gasteiger partial charge in [-0.1, -0.05) is 30.3 Å². The number of carbonyl (C=O) groups excluding carboxylic acids is 1. The zero-order valence-electron chi connectivity index (χ0n) is 14.7. The molecule has 1 fully saturated rings. The van der Waals surface area contributed by atoms with Crippen molar-refractivity contribution in [2.24, 2.45) is 0 Å². The van der Waals surface area contributed by atoms with Gasteiger partial charge in [0.05, 0.1) is 13.2 Å². The SMILES string of the molecule is CCOC(=O)[C@@H]1CCCC[NH+]1Cc1cccc(Oc2ccccc2)c1. The lowest BCUT2D eigenvalue weighted by molar-refractivity contribution is -0.935. The van der Waals surface area contributed by atoms with Gasteiger partial charge in [0.15, 0.2) is 6.04 Å². The second-order valence-electron chi connectivity index (χ2n) is 6.45. The molecule has 2 aromatic carbocycles. The third-order valence-electron chi connectivity index (χ3n) is 4.61. The Bertz CT molecular complexity index is 687. The Morgan fingerprint density at radius 1 is 1.08 bits per heavy atom. The number of quaternary nitrogens is 1. The minimum Gasteiger partial charge on any atom is -0.462 e. The monoisotopic (exact) mass is 340 g/mol. The maximum absolute atomic E-state index is 12.2. The van der Waals surface area contributed by atoms with Crippen molar-refractivity contribution in [2.45, 2.75) is 38.8 Å². The quantitative estimate of drug-likeness (QED) is 0.822. The standard InChI is InChI=1S/C21H25NO3/c1-2-24-21(23)20-13-6-7-14-22(20)16-17-9-8-12-19(15-17)25-18-10-4-3-5-11-18/h3-5,8-12,15,20H,2,6-7,13-14,16H2,1H3/p+1/t20-/m0/s1. The molecule has 1 aliphatic heterocycles. The fraction of sp³-hybridized carbons (Fsp3) is 0.381. The van der Waals surface area contributed by atoms with Crippen molar-refractivity contribution in [1.29, 1.82) is 0 Å². The number of rotatable bonds is 6. The minimum atomic E-state index is -0.0612. The van der Waals surface area contributed by atoms with E-state index in [4.69, 9.17) is 9.47 Å². The van der Waals surface area contributed by atoms with E-state index in [1.165, 1.54) is 10.5 Å². The molecule has 1 N–H and O–H groups in total. The summed E-state index contributed by atoms with van der Waals surface area (Å²) in [7, 11) is 0. The number of nitrogens with one attached hydrogen (secondary N) is 1. The van der Waals surface area contributed by atoms with E-state index >= 15 is 0 Å². The van der Waals surface area contributed by atoms with Gasteiger partial charge >= 0.3 is 5.97 Å². The molecular formula is C21H26NO3+. The van der Waals surface area contributed by atoms with Crippen LogP contribution >= 0.6 is 0 Å². The molecule has 4 nitrogen and oxygen atoms in total. The average Bonchev–Trinajstić information content (AvgIpc) is 2.63. The number of para-hydroxylation sites is 1. The van der Waals surface area contributed by atoms with Gasteiger partial charge in [-0.05, 0) is 44.0 Å². The van der Waals surface area contributed by atoms with Crippen LogP contribution in [0.25, 0.3) is 0 Å². The van der Waals surface area contributed by atoms with Crippen molar-refractivity contribution >= 4 is 5.97 Å². The summed E-state index contributed by atoms with van der Waals surface area (Å²) < 4.78 is 11.2. The van der Waals surface area contributed by atoms with Gasteiger partial charge in [0.2, 0.25) is 0 Å². The van der Waals surface area contributed by atoms with Crippen LogP contribution in [0, 0.1) is 0 Å². The lowest BCUT2D eigenvalue weighted by Gasteiger charge is -2.31. The molecule has 1 heterocycles. The van der Waals surface area contributed by atoms with E-state index in [2.05, 4.69) is 12.1 Å². The van der Waals surface area contributed by atoms with Crippen molar-refractivity contribution < 1.29 is 19.2 Å². The van der Waals surface area contributed by atoms with Crippen LogP contribution in [0.5, 0.6) is 11.5 Å². The first kappa shape index (κ1) is 17.5. The molecule has 1 aliphatic rings. The first-order chi connectivity index (χ1) is 12.3. The summed E-state index contributed by atoms with van der Waals surface area (Å²) in [6.07, 6.45) is 3.17. The molecule has 0 saturated carbocycles. The van der Waals surface area contributed by atoms with E-state index in [1.807, 2.05) is 49.4 Å². The summed E-state index contributed by atoms with van der Waals surface area (Å²) in [5.74, 6) is 1.59. The third-order valence-corrected chi connectivity index (χ3v) is 4.61. The molecule has 2 aromatic rings. The molecule has 25 heavy (non-hydrogen) atoms. The normalized spacial score (nSPS) is 20.0. The number of piperidine rings is 1. The Morgan fingerprint density at radius 3 is 2.68 bits per heavy atom. The van der Waals surface area contributed by atoms with E-state index in [9.17, 15) is 4.79 Å². The van der Waals surface area contributed by atoms with Crippen LogP contribution in [0.15, 0.2) is 54.6 Å². The Morgan fingerprint density at radius 2 is 1.88 bits per heavy atom. The van der Waals surface area contributed by atoms with Gasteiger partial charge in [-0.2, -0.15) is 0 Å². The maximum atomic E-state index is 12.2. The second-order valence-corrected chi connectivity index (χ2v) is 6.45. The van der Waals surface area contributed by atoms with E-state index in [-0.39, 0.29) is 12.0 Å². The van der Waals surface area contributed by atoms with Crippen molar-refractivity contribution in [3.05, 3.63) is 60.2 Å². The molecule has 2 atom stereocenters. The lowest BCUT2D eigenvalue weighted by atomic mass is 10.0. The summed E-state index contributed by atoms with van der Waals surface area (Å²) in [5.41, 5.74) is 1.18. The molecule has 1 unspecified atom stereocenters. The first-order valence-electron chi connectivity index (χ1n) is 9.09. The second kappa shape index (κ2) is 8.67. The summed E-state index contributed by atoms with van der Waals surface area (Å²) in [5, 5.41) is 0. The third kappa shape index (κ3) is 4.83. The Kier molecular flexibility index (Phi) is 6.07. The largest absolute Gasteiger partial charge is 0.462 e. The van der Waals surface area contributed by atoms with Crippen LogP contribution in [0.4, 0.5) is 0 Å². The van der Waals surface area contributed by atoms with Gasteiger partial charge in [0.1, 0.15) is 18.0 Å². The summed E-state index contributed by atoms with van der Waals surface area (Å²) >= 11 is 0. The number of hydrogen-bond acceptors (Lipinski definition) is 3. The van der Waals surface area contributed by atoms with Crippen LogP contribution in [0.2, 0.25) is 0 Å². The summed E-state index contributed by atoms with van der Waals surface area (Å²) in [4.78, 5) is 13.5. The van der Waals surface area contributed by atoms with Crippen molar-refractivity contribution in [2.75, 3.05) is 13.2 Å². The Hall–Kier alpha value is -2.33. The molecule has 0 aromatic heterocycles. The highest BCUT2D eigenvalue weighted by atomic mass is 16.5. The van der Waals surface area contributed by atoms with Gasteiger partial charge in [-0.15, -0.1) is 0 Å². The molecule has 0 bridgehead atoms. The lowest BCUT2D eigenvalue weighted by Crippen LogP contribution is -3.16. The van der Waals surface area contributed by atoms with Crippen LogP contribution in [-0.4, -0.2) is 25.2 Å². The van der Waals surface area contributed by atoms with E-state index in [0.29, 0.717) is 6.61 Å². The molecule has 0 spiro atoms. The molecule has 4 heteroatoms. The number of ether oxygens (including phenoxy) is 2. The van der Waals surface area contributed by atoms with Gasteiger partial charge in [-0.3, -0.25) is 0 Å². The zero-order valence-corrected chi connectivity index (χ0v) is 14.7. The van der Waals surface area contributed by atoms with Crippen molar-refractivity contribution in [1.82, 2.24) is 0 Å². The van der Waals surface area contributed by atoms with Gasteiger partial charge in [-0.25, -0.2) is 4.79 Å². The number of likely N-dealkylation sites (tertiary alicyclic amines) is 1. The molecule has 0 amide bonds. The fourth-order valence-electron chi connectivity index (χ4n) is 3.42. The van der Waals surface area contributed by atoms with Crippen LogP contribution < -0.4 is 9.64 Å².